The third kappa shape index (κ3) is 2.24. The van der Waals surface area contributed by atoms with Gasteiger partial charge in [0.05, 0.1) is 11.7 Å². The fourth-order valence-corrected chi connectivity index (χ4v) is 1.82. The second kappa shape index (κ2) is 4.78. The zero-order chi connectivity index (χ0) is 13.1. The van der Waals surface area contributed by atoms with E-state index in [0.717, 1.165) is 22.4 Å². The number of H-pyrrole nitrogens is 1. The Hall–Kier alpha value is -2.87. The van der Waals surface area contributed by atoms with Crippen molar-refractivity contribution >= 4 is 11.0 Å². The van der Waals surface area contributed by atoms with E-state index in [-0.39, 0.29) is 6.61 Å². The number of benzene rings is 1. The van der Waals surface area contributed by atoms with Gasteiger partial charge in [0.25, 0.3) is 0 Å². The Morgan fingerprint density at radius 3 is 2.79 bits per heavy atom. The lowest BCUT2D eigenvalue weighted by atomic mass is 10.2. The van der Waals surface area contributed by atoms with Gasteiger partial charge in [-0.15, -0.1) is 0 Å². The maximum absolute atomic E-state index is 8.44. The number of nitrogens with one attached hydrogen (secondary N) is 1. The van der Waals surface area contributed by atoms with E-state index < -0.39 is 0 Å². The van der Waals surface area contributed by atoms with Gasteiger partial charge in [-0.2, -0.15) is 5.26 Å². The van der Waals surface area contributed by atoms with E-state index in [1.165, 1.54) is 0 Å². The fraction of sp³-hybridized carbons (Fsp3) is 0.0714. The number of aromatic amines is 1. The van der Waals surface area contributed by atoms with Crippen molar-refractivity contribution in [1.82, 2.24) is 15.0 Å². The average molecular weight is 250 g/mol. The summed E-state index contributed by atoms with van der Waals surface area (Å²) in [4.78, 5) is 11.7. The van der Waals surface area contributed by atoms with Crippen LogP contribution in [0.25, 0.3) is 22.4 Å². The van der Waals surface area contributed by atoms with Gasteiger partial charge in [-0.1, -0.05) is 0 Å². The molecule has 1 N–H and O–H groups in total. The maximum atomic E-state index is 8.44. The van der Waals surface area contributed by atoms with Gasteiger partial charge in [0.1, 0.15) is 23.2 Å². The largest absolute Gasteiger partial charge is 0.479 e. The van der Waals surface area contributed by atoms with Crippen LogP contribution in [0.3, 0.4) is 0 Å². The Morgan fingerprint density at radius 1 is 1.21 bits per heavy atom. The zero-order valence-corrected chi connectivity index (χ0v) is 10.00. The van der Waals surface area contributed by atoms with E-state index in [2.05, 4.69) is 15.0 Å². The molecule has 0 spiro atoms. The van der Waals surface area contributed by atoms with E-state index in [4.69, 9.17) is 10.00 Å². The number of aromatic nitrogens is 3. The first kappa shape index (κ1) is 11.2. The van der Waals surface area contributed by atoms with Crippen molar-refractivity contribution in [2.45, 2.75) is 0 Å². The summed E-state index contributed by atoms with van der Waals surface area (Å²) in [6.45, 7) is 0.0512. The van der Waals surface area contributed by atoms with Gasteiger partial charge in [0.2, 0.25) is 0 Å². The molecule has 3 rings (SSSR count). The number of fused-ring (bicyclic) bond motifs is 1. The second-order valence-electron chi connectivity index (χ2n) is 3.95. The van der Waals surface area contributed by atoms with Crippen molar-refractivity contribution in [2.75, 3.05) is 6.61 Å². The molecule has 0 aliphatic heterocycles. The molecule has 0 bridgehead atoms. The van der Waals surface area contributed by atoms with E-state index in [1.807, 2.05) is 36.4 Å². The number of imidazole rings is 1. The summed E-state index contributed by atoms with van der Waals surface area (Å²) in [5.41, 5.74) is 2.75. The van der Waals surface area contributed by atoms with Crippen LogP contribution in [0.2, 0.25) is 0 Å². The number of hydrogen-bond donors (Lipinski definition) is 1. The minimum atomic E-state index is 0.0512. The van der Waals surface area contributed by atoms with Crippen LogP contribution in [0.4, 0.5) is 0 Å². The standard InChI is InChI=1S/C14H10N4O/c15-6-8-19-11-3-1-10(2-4-11)14-17-12-5-7-16-9-13(12)18-14/h1-5,7,9H,8H2,(H,17,18). The van der Waals surface area contributed by atoms with Crippen LogP contribution < -0.4 is 4.74 Å². The molecule has 0 saturated heterocycles. The van der Waals surface area contributed by atoms with Crippen molar-refractivity contribution in [1.29, 1.82) is 5.26 Å². The molecular formula is C14H10N4O. The minimum absolute atomic E-state index is 0.0512. The molecule has 0 unspecified atom stereocenters. The molecule has 0 amide bonds. The third-order valence-corrected chi connectivity index (χ3v) is 2.72. The molecule has 0 aliphatic rings. The summed E-state index contributed by atoms with van der Waals surface area (Å²) in [5.74, 6) is 1.46. The fourth-order valence-electron chi connectivity index (χ4n) is 1.82. The molecule has 2 aromatic heterocycles. The quantitative estimate of drug-likeness (QED) is 0.775. The first-order valence-corrected chi connectivity index (χ1v) is 5.77. The average Bonchev–Trinajstić information content (AvgIpc) is 2.89. The summed E-state index contributed by atoms with van der Waals surface area (Å²) < 4.78 is 5.20. The molecule has 0 radical (unpaired) electrons. The van der Waals surface area contributed by atoms with Crippen LogP contribution in [0.1, 0.15) is 0 Å². The van der Waals surface area contributed by atoms with Gasteiger partial charge in [-0.05, 0) is 30.3 Å². The van der Waals surface area contributed by atoms with E-state index in [9.17, 15) is 0 Å². The molecule has 5 heteroatoms. The van der Waals surface area contributed by atoms with Crippen LogP contribution in [0, 0.1) is 11.3 Å². The lowest BCUT2D eigenvalue weighted by Crippen LogP contribution is -1.92. The van der Waals surface area contributed by atoms with Crippen molar-refractivity contribution in [3.05, 3.63) is 42.7 Å². The Labute approximate surface area is 109 Å². The smallest absolute Gasteiger partial charge is 0.174 e. The maximum Gasteiger partial charge on any atom is 0.174 e. The highest BCUT2D eigenvalue weighted by Gasteiger charge is 2.05. The lowest BCUT2D eigenvalue weighted by Gasteiger charge is -2.01. The molecule has 0 fully saturated rings. The molecule has 0 saturated carbocycles. The van der Waals surface area contributed by atoms with Gasteiger partial charge in [-0.25, -0.2) is 4.98 Å². The minimum Gasteiger partial charge on any atom is -0.479 e. The lowest BCUT2D eigenvalue weighted by molar-refractivity contribution is 0.368. The van der Waals surface area contributed by atoms with Gasteiger partial charge in [0.15, 0.2) is 6.61 Å². The van der Waals surface area contributed by atoms with Gasteiger partial charge < -0.3 is 9.72 Å². The summed E-state index contributed by atoms with van der Waals surface area (Å²) in [7, 11) is 0. The Morgan fingerprint density at radius 2 is 2.05 bits per heavy atom. The number of rotatable bonds is 3. The van der Waals surface area contributed by atoms with Gasteiger partial charge >= 0.3 is 0 Å². The molecule has 0 aliphatic carbocycles. The summed E-state index contributed by atoms with van der Waals surface area (Å²) in [6.07, 6.45) is 3.45. The highest BCUT2D eigenvalue weighted by molar-refractivity contribution is 5.78. The highest BCUT2D eigenvalue weighted by atomic mass is 16.5. The highest BCUT2D eigenvalue weighted by Crippen LogP contribution is 2.22. The van der Waals surface area contributed by atoms with E-state index in [1.54, 1.807) is 12.4 Å². The first-order valence-electron chi connectivity index (χ1n) is 5.77. The number of hydrogen-bond acceptors (Lipinski definition) is 4. The van der Waals surface area contributed by atoms with E-state index in [0.29, 0.717) is 5.75 Å². The van der Waals surface area contributed by atoms with E-state index >= 15 is 0 Å². The van der Waals surface area contributed by atoms with Gasteiger partial charge in [0, 0.05) is 11.8 Å². The molecule has 5 nitrogen and oxygen atoms in total. The van der Waals surface area contributed by atoms with Crippen molar-refractivity contribution < 1.29 is 4.74 Å². The Bertz CT molecular complexity index is 707. The number of nitriles is 1. The molecule has 92 valence electrons. The van der Waals surface area contributed by atoms with Crippen LogP contribution >= 0.6 is 0 Å². The topological polar surface area (TPSA) is 74.6 Å². The molecule has 19 heavy (non-hydrogen) atoms. The molecule has 1 aromatic carbocycles. The monoisotopic (exact) mass is 250 g/mol. The number of pyridine rings is 1. The molecule has 0 atom stereocenters. The normalized spacial score (nSPS) is 10.3. The number of nitrogens with zero attached hydrogens (tertiary/aromatic N) is 3. The van der Waals surface area contributed by atoms with Crippen LogP contribution in [-0.4, -0.2) is 21.6 Å². The summed E-state index contributed by atoms with van der Waals surface area (Å²) in [5, 5.41) is 8.44. The summed E-state index contributed by atoms with van der Waals surface area (Å²) >= 11 is 0. The predicted octanol–water partition coefficient (Wildman–Crippen LogP) is 2.53. The number of ether oxygens (including phenoxy) is 1. The van der Waals surface area contributed by atoms with Gasteiger partial charge in [-0.3, -0.25) is 4.98 Å². The molecular weight excluding hydrogens is 240 g/mol. The zero-order valence-electron chi connectivity index (χ0n) is 10.00. The SMILES string of the molecule is N#CCOc1ccc(-c2nc3cnccc3[nH]2)cc1. The van der Waals surface area contributed by atoms with Crippen molar-refractivity contribution in [3.8, 4) is 23.2 Å². The van der Waals surface area contributed by atoms with Crippen LogP contribution in [0.5, 0.6) is 5.75 Å². The van der Waals surface area contributed by atoms with Crippen LogP contribution in [0.15, 0.2) is 42.7 Å². The molecule has 3 aromatic rings. The van der Waals surface area contributed by atoms with Crippen molar-refractivity contribution in [3.63, 3.8) is 0 Å². The van der Waals surface area contributed by atoms with Crippen molar-refractivity contribution in [2.24, 2.45) is 0 Å². The Balaban J connectivity index is 1.91. The Kier molecular flexibility index (Phi) is 2.83. The second-order valence-corrected chi connectivity index (χ2v) is 3.95. The third-order valence-electron chi connectivity index (χ3n) is 2.72. The van der Waals surface area contributed by atoms with Crippen LogP contribution in [-0.2, 0) is 0 Å². The predicted molar refractivity (Wildman–Crippen MR) is 70.4 cm³/mol. The summed E-state index contributed by atoms with van der Waals surface area (Å²) in [6, 6.07) is 11.3. The first-order chi connectivity index (χ1) is 9.36. The molecule has 2 heterocycles.